The lowest BCUT2D eigenvalue weighted by molar-refractivity contribution is 0.355. The molecule has 16 aromatic rings. The van der Waals surface area contributed by atoms with Gasteiger partial charge in [0.1, 0.15) is 17.6 Å². The van der Waals surface area contributed by atoms with Crippen LogP contribution in [-0.4, -0.2) is 68.9 Å². The Kier molecular flexibility index (Phi) is 80.5. The van der Waals surface area contributed by atoms with Crippen LogP contribution in [0.4, 0.5) is 5.69 Å². The molecule has 0 amide bonds. The average molecular weight is 1940 g/mol. The summed E-state index contributed by atoms with van der Waals surface area (Å²) in [4.78, 5) is 47.6. The van der Waals surface area contributed by atoms with Crippen LogP contribution in [0.2, 0.25) is 0 Å². The van der Waals surface area contributed by atoms with Gasteiger partial charge in [0.2, 0.25) is 5.71 Å². The van der Waals surface area contributed by atoms with Gasteiger partial charge in [-0.05, 0) is 202 Å². The summed E-state index contributed by atoms with van der Waals surface area (Å²) in [5, 5.41) is 5.86. The number of benzene rings is 6. The van der Waals surface area contributed by atoms with Gasteiger partial charge in [0.05, 0.1) is 63.6 Å². The zero-order valence-electron chi connectivity index (χ0n) is 93.2. The van der Waals surface area contributed by atoms with Crippen LogP contribution in [0.1, 0.15) is 297 Å². The summed E-state index contributed by atoms with van der Waals surface area (Å²) >= 11 is 1.68. The first-order valence-electron chi connectivity index (χ1n) is 50.8. The highest BCUT2D eigenvalue weighted by Crippen LogP contribution is 2.24. The van der Waals surface area contributed by atoms with Gasteiger partial charge < -0.3 is 18.6 Å². The molecule has 1 N–H and O–H groups in total. The predicted octanol–water partition coefficient (Wildman–Crippen LogP) is 38.1. The molecule has 141 heavy (non-hydrogen) atoms. The van der Waals surface area contributed by atoms with Crippen LogP contribution in [0.15, 0.2) is 305 Å². The molecule has 15 nitrogen and oxygen atoms in total. The Morgan fingerprint density at radius 3 is 1.34 bits per heavy atom. The number of aliphatic imine (C=N–C) groups is 2. The molecule has 0 atom stereocenters. The first-order chi connectivity index (χ1) is 66.4. The molecule has 4 aliphatic rings. The van der Waals surface area contributed by atoms with Gasteiger partial charge in [-0.3, -0.25) is 34.9 Å². The topological polar surface area (TPSA) is 192 Å². The Hall–Kier alpha value is -11.8. The van der Waals surface area contributed by atoms with Crippen LogP contribution in [-0.2, 0) is 32.2 Å². The molecular weight excluding hydrogens is 1750 g/mol. The van der Waals surface area contributed by atoms with E-state index in [0.29, 0.717) is 5.71 Å². The average Bonchev–Trinajstić information content (AvgIpc) is 1.82. The summed E-state index contributed by atoms with van der Waals surface area (Å²) < 4.78 is 16.5. The predicted molar refractivity (Wildman–Crippen MR) is 624 cm³/mol. The Morgan fingerprint density at radius 1 is 0.333 bits per heavy atom. The van der Waals surface area contributed by atoms with E-state index >= 15 is 0 Å². The van der Waals surface area contributed by atoms with E-state index in [9.17, 15) is 0 Å². The molecule has 0 bridgehead atoms. The number of ether oxygens (including phenoxy) is 1. The third-order valence-corrected chi connectivity index (χ3v) is 15.2. The van der Waals surface area contributed by atoms with E-state index in [2.05, 4.69) is 376 Å². The number of H-pyrrole nitrogens is 1. The van der Waals surface area contributed by atoms with Crippen molar-refractivity contribution in [3.63, 3.8) is 0 Å². The van der Waals surface area contributed by atoms with Crippen molar-refractivity contribution < 1.29 is 13.6 Å². The quantitative estimate of drug-likeness (QED) is 0.151. The van der Waals surface area contributed by atoms with Gasteiger partial charge in [-0.1, -0.05) is 378 Å². The van der Waals surface area contributed by atoms with Crippen LogP contribution in [0.25, 0.3) is 65.0 Å². The van der Waals surface area contributed by atoms with Crippen LogP contribution in [0.3, 0.4) is 0 Å². The molecule has 1 aliphatic carbocycles. The zero-order valence-corrected chi connectivity index (χ0v) is 94.0. The highest BCUT2D eigenvalue weighted by molar-refractivity contribution is 7.16. The van der Waals surface area contributed by atoms with Crippen molar-refractivity contribution in [3.8, 4) is 5.75 Å². The smallest absolute Gasteiger partial charge is 0.228 e. The molecule has 20 rings (SSSR count). The van der Waals surface area contributed by atoms with Crippen molar-refractivity contribution in [2.75, 3.05) is 6.61 Å². The fraction of sp³-hybridized carbons (Fsp3) is 0.448. The maximum absolute atomic E-state index is 5.24. The van der Waals surface area contributed by atoms with Gasteiger partial charge in [0, 0.05) is 103 Å². The SMILES string of the molecule is C.C1=NCc2cccnc21.C1=Nc2ccccc2C1.CC(C)C.CC(C)C.CC(C)C.CC(C)C.CC(C)C.CC(C)C.CC(C)C.CC(C)C.CC(C)C.CC(C)C.CC(C)C.CC(C)C.c1cc2c(cn1)OCC2.c1ccc2[nH]ccc2c1.c1ccc2cnccc2c1.c1ccc2ncccc2c1.c1ccc2ocnc2c1.c1ccc2scnc2c1.c1cnc2c(c1)CCC2.c1ncc2ccoc2n1. The van der Waals surface area contributed by atoms with E-state index in [1.54, 1.807) is 42.4 Å². The number of fused-ring (bicyclic) bond motifs is 10. The van der Waals surface area contributed by atoms with E-state index in [0.717, 1.165) is 142 Å². The molecule has 13 heterocycles. The minimum absolute atomic E-state index is 0. The molecule has 3 aliphatic heterocycles. The molecule has 772 valence electrons. The van der Waals surface area contributed by atoms with Crippen LogP contribution < -0.4 is 4.74 Å². The van der Waals surface area contributed by atoms with Crippen LogP contribution >= 0.6 is 11.3 Å². The number of hydrogen-bond donors (Lipinski definition) is 1. The highest BCUT2D eigenvalue weighted by atomic mass is 32.1. The van der Waals surface area contributed by atoms with E-state index in [1.165, 1.54) is 91.7 Å². The number of aromatic nitrogens is 10. The van der Waals surface area contributed by atoms with E-state index in [4.69, 9.17) is 13.6 Å². The van der Waals surface area contributed by atoms with Gasteiger partial charge in [0.15, 0.2) is 12.0 Å². The molecule has 0 saturated carbocycles. The summed E-state index contributed by atoms with van der Waals surface area (Å²) in [6.45, 7) is 79.6. The molecule has 10 aromatic heterocycles. The molecule has 0 saturated heterocycles. The lowest BCUT2D eigenvalue weighted by Crippen LogP contribution is -1.85. The van der Waals surface area contributed by atoms with Gasteiger partial charge in [0.25, 0.3) is 0 Å². The van der Waals surface area contributed by atoms with Crippen molar-refractivity contribution >= 4 is 94.4 Å². The Bertz CT molecular complexity index is 4700. The fourth-order valence-electron chi connectivity index (χ4n) is 9.73. The number of oxazole rings is 1. The number of aryl methyl sites for hydroxylation is 2. The molecule has 0 fully saturated rings. The van der Waals surface area contributed by atoms with Gasteiger partial charge in [-0.15, -0.1) is 11.3 Å². The second-order valence-electron chi connectivity index (χ2n) is 41.3. The lowest BCUT2D eigenvalue weighted by Gasteiger charge is -1.92. The normalized spacial score (nSPS) is 10.8. The van der Waals surface area contributed by atoms with Crippen molar-refractivity contribution in [1.82, 2.24) is 49.8 Å². The van der Waals surface area contributed by atoms with Crippen LogP contribution in [0.5, 0.6) is 5.75 Å². The van der Waals surface area contributed by atoms with Crippen molar-refractivity contribution in [2.24, 2.45) is 81.0 Å². The second kappa shape index (κ2) is 85.1. The number of rotatable bonds is 0. The first-order valence-corrected chi connectivity index (χ1v) is 51.7. The highest BCUT2D eigenvalue weighted by Gasteiger charge is 2.11. The molecule has 0 unspecified atom stereocenters. The van der Waals surface area contributed by atoms with Crippen molar-refractivity contribution in [1.29, 1.82) is 0 Å². The number of pyridine rings is 5. The van der Waals surface area contributed by atoms with E-state index in [1.807, 2.05) is 188 Å². The Balaban J connectivity index is -0.00000143. The molecule has 0 radical (unpaired) electrons. The Morgan fingerprint density at radius 2 is 0.801 bits per heavy atom. The number of nitrogens with zero attached hydrogens (tertiary/aromatic N) is 11. The second-order valence-corrected chi connectivity index (χ2v) is 42.2. The van der Waals surface area contributed by atoms with Crippen LogP contribution in [0, 0.1) is 71.0 Å². The number of furan rings is 1. The molecule has 6 aromatic carbocycles. The third-order valence-electron chi connectivity index (χ3n) is 14.4. The summed E-state index contributed by atoms with van der Waals surface area (Å²) in [7, 11) is 0. The third kappa shape index (κ3) is 79.6. The summed E-state index contributed by atoms with van der Waals surface area (Å²) in [5.41, 5.74) is 16.4. The number of hydrogen-bond acceptors (Lipinski definition) is 15. The maximum Gasteiger partial charge on any atom is 0.228 e. The van der Waals surface area contributed by atoms with Gasteiger partial charge in [-0.25, -0.2) is 19.9 Å². The minimum Gasteiger partial charge on any atom is -0.491 e. The molecular formula is C125H188N12O3S. The number of para-hydroxylation sites is 6. The summed E-state index contributed by atoms with van der Waals surface area (Å²) in [6.07, 6.45) is 30.4. The van der Waals surface area contributed by atoms with Gasteiger partial charge in [-0.2, -0.15) is 0 Å². The maximum atomic E-state index is 5.24. The number of nitrogens with one attached hydrogen (secondary N) is 1. The number of aromatic amines is 1. The summed E-state index contributed by atoms with van der Waals surface area (Å²) in [5.74, 6) is 11.0. The monoisotopic (exact) mass is 1940 g/mol. The standard InChI is InChI=1S/2C9H7N.C8H9N.2C8H7N.C7H6N2.C7H7NO.C7H5NO.C7H5NS.C6H4N2O.12C4H10.CH4/c1-2-6-9-8(4-1)5-3-7-10-9;1-2-4-9-7-10-6-5-8(9)3-1;1-3-7-4-2-6-9-8(7)5-1;2*1-2-4-8-7(3-1)5-6-9-8;1-2-6-4-8-5-7(6)9-3-1;1-3-8-5-7-6(1)2-4-9-7;2*1-2-4-7-6(3-1)8-5-9-7;1-2-9-6-5(1)3-7-4-8-6;12*1-4(2)3;/h2*1-7H;2,4,6H,1,3,5H2;1-4,6H,5H2;1-6,9H;1-3,5H,4H2;1,3,5H,2,4H2;2*1-5H;1-4H;12*4H,1-3H3;1H4. The van der Waals surface area contributed by atoms with Gasteiger partial charge >= 0.3 is 0 Å². The van der Waals surface area contributed by atoms with E-state index in [-0.39, 0.29) is 7.43 Å². The number of thiazole rings is 1. The largest absolute Gasteiger partial charge is 0.491 e. The first kappa shape index (κ1) is 133. The molecule has 0 spiro atoms. The van der Waals surface area contributed by atoms with Crippen molar-refractivity contribution in [3.05, 3.63) is 320 Å². The zero-order chi connectivity index (χ0) is 105. The fourth-order valence-corrected chi connectivity index (χ4v) is 10.4. The minimum atomic E-state index is 0. The van der Waals surface area contributed by atoms with E-state index < -0.39 is 0 Å². The Labute approximate surface area is 861 Å². The van der Waals surface area contributed by atoms with Crippen molar-refractivity contribution in [2.45, 2.75) is 295 Å². The molecule has 16 heteroatoms. The summed E-state index contributed by atoms with van der Waals surface area (Å²) in [6, 6.07) is 68.6. The lowest BCUT2D eigenvalue weighted by atomic mass is 10.2.